The Hall–Kier alpha value is -1.13. The van der Waals surface area contributed by atoms with Crippen LogP contribution in [0.1, 0.15) is 7.43 Å². The molecule has 0 aromatic heterocycles. The summed E-state index contributed by atoms with van der Waals surface area (Å²) in [5, 5.41) is 1.74. The van der Waals surface area contributed by atoms with Crippen LogP contribution in [0.4, 0.5) is 0 Å². The molecular formula is C9H9O3S-. The van der Waals surface area contributed by atoms with Crippen LogP contribution in [0.5, 0.6) is 5.75 Å². The highest BCUT2D eigenvalue weighted by Gasteiger charge is 2.00. The molecule has 0 spiro atoms. The Labute approximate surface area is 79.2 Å². The van der Waals surface area contributed by atoms with Gasteiger partial charge in [-0.05, 0) is 11.5 Å². The first-order valence-electron chi connectivity index (χ1n) is 3.35. The summed E-state index contributed by atoms with van der Waals surface area (Å²) < 4.78 is 25.0. The summed E-state index contributed by atoms with van der Waals surface area (Å²) in [7, 11) is 0. The van der Waals surface area contributed by atoms with Crippen LogP contribution in [0.3, 0.4) is 0 Å². The Balaban J connectivity index is 0.000000845. The molecule has 70 valence electrons. The molecule has 3 nitrogen and oxygen atoms in total. The zero-order chi connectivity index (χ0) is 8.55. The van der Waals surface area contributed by atoms with Crippen LogP contribution < -0.4 is 4.18 Å². The molecule has 0 heterocycles. The lowest BCUT2D eigenvalue weighted by atomic mass is 10.1. The van der Waals surface area contributed by atoms with Gasteiger partial charge in [-0.15, -0.1) is 0 Å². The minimum Gasteiger partial charge on any atom is -0.740 e. The monoisotopic (exact) mass is 197 g/mol. The normalized spacial score (nSPS) is 12.4. The molecule has 13 heavy (non-hydrogen) atoms. The van der Waals surface area contributed by atoms with E-state index in [1.54, 1.807) is 6.07 Å². The van der Waals surface area contributed by atoms with E-state index < -0.39 is 11.4 Å². The lowest BCUT2D eigenvalue weighted by Crippen LogP contribution is -1.98. The van der Waals surface area contributed by atoms with Gasteiger partial charge in [0.15, 0.2) is 0 Å². The van der Waals surface area contributed by atoms with Crippen molar-refractivity contribution < 1.29 is 12.9 Å². The first-order valence-corrected chi connectivity index (χ1v) is 4.35. The Morgan fingerprint density at radius 1 is 1.23 bits per heavy atom. The molecule has 1 atom stereocenters. The van der Waals surface area contributed by atoms with Crippen LogP contribution in [-0.4, -0.2) is 8.76 Å². The van der Waals surface area contributed by atoms with E-state index in [4.69, 9.17) is 0 Å². The Morgan fingerprint density at radius 3 is 2.23 bits per heavy atom. The van der Waals surface area contributed by atoms with Gasteiger partial charge in [0.25, 0.3) is 0 Å². The van der Waals surface area contributed by atoms with Gasteiger partial charge in [-0.2, -0.15) is 0 Å². The van der Waals surface area contributed by atoms with Gasteiger partial charge >= 0.3 is 0 Å². The number of rotatable bonds is 2. The first-order chi connectivity index (χ1) is 5.75. The molecule has 0 radical (unpaired) electrons. The maximum Gasteiger partial charge on any atom is 0.147 e. The molecule has 0 saturated carbocycles. The van der Waals surface area contributed by atoms with Gasteiger partial charge in [0.05, 0.1) is 0 Å². The van der Waals surface area contributed by atoms with Gasteiger partial charge in [-0.1, -0.05) is 31.7 Å². The molecule has 1 unspecified atom stereocenters. The number of fused-ring (bicyclic) bond motifs is 3. The van der Waals surface area contributed by atoms with E-state index in [-0.39, 0.29) is 7.43 Å². The van der Waals surface area contributed by atoms with Crippen molar-refractivity contribution in [3.05, 3.63) is 30.3 Å². The van der Waals surface area contributed by atoms with E-state index >= 15 is 0 Å². The molecule has 0 saturated heterocycles. The van der Waals surface area contributed by atoms with Crippen LogP contribution in [0.15, 0.2) is 30.3 Å². The fourth-order valence-corrected chi connectivity index (χ4v) is 1.41. The van der Waals surface area contributed by atoms with Crippen LogP contribution >= 0.6 is 0 Å². The summed E-state index contributed by atoms with van der Waals surface area (Å²) >= 11 is -2.49. The molecule has 2 bridgehead atoms. The molecular weight excluding hydrogens is 188 g/mol. The third-order valence-electron chi connectivity index (χ3n) is 1.65. The van der Waals surface area contributed by atoms with E-state index in [9.17, 15) is 8.76 Å². The van der Waals surface area contributed by atoms with E-state index in [0.717, 1.165) is 10.8 Å². The highest BCUT2D eigenvalue weighted by atomic mass is 32.2. The number of hydrogen-bond acceptors (Lipinski definition) is 3. The van der Waals surface area contributed by atoms with E-state index in [0.29, 0.717) is 5.75 Å². The van der Waals surface area contributed by atoms with Crippen LogP contribution in [0.25, 0.3) is 10.8 Å². The lowest BCUT2D eigenvalue weighted by molar-refractivity contribution is 0.442. The Bertz CT molecular complexity index is 393. The largest absolute Gasteiger partial charge is 0.740 e. The van der Waals surface area contributed by atoms with Gasteiger partial charge in [0.2, 0.25) is 0 Å². The average Bonchev–Trinajstić information content (AvgIpc) is 2.05. The Morgan fingerprint density at radius 2 is 1.85 bits per heavy atom. The molecule has 3 aromatic carbocycles. The van der Waals surface area contributed by atoms with Crippen molar-refractivity contribution in [1.29, 1.82) is 0 Å². The highest BCUT2D eigenvalue weighted by molar-refractivity contribution is 7.74. The van der Waals surface area contributed by atoms with Crippen molar-refractivity contribution in [2.24, 2.45) is 0 Å². The predicted molar refractivity (Wildman–Crippen MR) is 51.4 cm³/mol. The SMILES string of the molecule is C.O=S([O-])Oc1cc2ccc1cc2. The minimum atomic E-state index is -2.49. The molecule has 0 aliphatic carbocycles. The molecule has 4 heteroatoms. The first kappa shape index (κ1) is 9.95. The third kappa shape index (κ3) is 1.96. The van der Waals surface area contributed by atoms with Crippen molar-refractivity contribution in [2.45, 2.75) is 7.43 Å². The second-order valence-corrected chi connectivity index (χ2v) is 2.99. The fraction of sp³-hybridized carbons (Fsp3) is 0.111. The van der Waals surface area contributed by atoms with Crippen molar-refractivity contribution in [2.75, 3.05) is 0 Å². The van der Waals surface area contributed by atoms with Crippen molar-refractivity contribution in [1.82, 2.24) is 0 Å². The van der Waals surface area contributed by atoms with Crippen molar-refractivity contribution >= 4 is 22.1 Å². The summed E-state index contributed by atoms with van der Waals surface area (Å²) in [4.78, 5) is 0. The summed E-state index contributed by atoms with van der Waals surface area (Å²) in [5.41, 5.74) is 0. The Kier molecular flexibility index (Phi) is 2.85. The molecule has 3 aromatic rings. The van der Waals surface area contributed by atoms with Gasteiger partial charge in [-0.3, -0.25) is 0 Å². The van der Waals surface area contributed by atoms with Crippen LogP contribution in [-0.2, 0) is 11.4 Å². The standard InChI is InChI=1S/C8H6O3S.CH4/c9-12(10)11-8-5-6-1-3-7(8)4-2-6;/h1-5H,(H,9,10);1H4/p-1. The van der Waals surface area contributed by atoms with Crippen molar-refractivity contribution in [3.63, 3.8) is 0 Å². The van der Waals surface area contributed by atoms with Gasteiger partial charge < -0.3 is 8.74 Å². The highest BCUT2D eigenvalue weighted by Crippen LogP contribution is 2.25. The second-order valence-electron chi connectivity index (χ2n) is 2.42. The second kappa shape index (κ2) is 3.72. The van der Waals surface area contributed by atoms with Gasteiger partial charge in [0, 0.05) is 5.39 Å². The molecule has 0 aliphatic heterocycles. The summed E-state index contributed by atoms with van der Waals surface area (Å²) in [5.74, 6) is 0.392. The molecule has 0 fully saturated rings. The van der Waals surface area contributed by atoms with E-state index in [1.165, 1.54) is 0 Å². The zero-order valence-electron chi connectivity index (χ0n) is 6.02. The lowest BCUT2D eigenvalue weighted by Gasteiger charge is -2.10. The van der Waals surface area contributed by atoms with Gasteiger partial charge in [-0.25, -0.2) is 4.21 Å². The third-order valence-corrected chi connectivity index (χ3v) is 1.97. The van der Waals surface area contributed by atoms with Crippen LogP contribution in [0, 0.1) is 0 Å². The van der Waals surface area contributed by atoms with Crippen molar-refractivity contribution in [3.8, 4) is 5.75 Å². The number of benzene rings is 3. The molecule has 3 rings (SSSR count). The molecule has 0 aliphatic rings. The maximum absolute atomic E-state index is 10.2. The topological polar surface area (TPSA) is 49.4 Å². The van der Waals surface area contributed by atoms with E-state index in [1.807, 2.05) is 24.3 Å². The zero-order valence-corrected chi connectivity index (χ0v) is 6.84. The fourth-order valence-electron chi connectivity index (χ4n) is 1.12. The quantitative estimate of drug-likeness (QED) is 0.692. The minimum absolute atomic E-state index is 0. The smallest absolute Gasteiger partial charge is 0.147 e. The average molecular weight is 197 g/mol. The number of hydrogen-bond donors (Lipinski definition) is 0. The van der Waals surface area contributed by atoms with Gasteiger partial charge in [0.1, 0.15) is 17.1 Å². The molecule has 0 amide bonds. The summed E-state index contributed by atoms with van der Waals surface area (Å²) in [6, 6.07) is 9.12. The maximum atomic E-state index is 10.2. The summed E-state index contributed by atoms with van der Waals surface area (Å²) in [6.45, 7) is 0. The van der Waals surface area contributed by atoms with Crippen LogP contribution in [0.2, 0.25) is 0 Å². The van der Waals surface area contributed by atoms with E-state index in [2.05, 4.69) is 4.18 Å². The predicted octanol–water partition coefficient (Wildman–Crippen LogP) is 2.09. The molecule has 0 N–H and O–H groups in total. The summed E-state index contributed by atoms with van der Waals surface area (Å²) in [6.07, 6.45) is 0.